The number of amides is 5. The molecular formula is C37H56N6O10. The summed E-state index contributed by atoms with van der Waals surface area (Å²) in [7, 11) is 1.18. The van der Waals surface area contributed by atoms with Gasteiger partial charge in [-0.3, -0.25) is 30.0 Å². The minimum absolute atomic E-state index is 0.0749. The number of nitrogens with one attached hydrogen (secondary N) is 5. The Kier molecular flexibility index (Phi) is 19.4. The van der Waals surface area contributed by atoms with Gasteiger partial charge in [0.25, 0.3) is 0 Å². The van der Waals surface area contributed by atoms with Gasteiger partial charge in [-0.05, 0) is 84.9 Å². The molecule has 0 spiro atoms. The molecule has 1 aromatic rings. The molecule has 0 bridgehead atoms. The van der Waals surface area contributed by atoms with E-state index in [1.807, 2.05) is 0 Å². The lowest BCUT2D eigenvalue weighted by Gasteiger charge is -2.24. The van der Waals surface area contributed by atoms with Crippen LogP contribution in [0, 0.1) is 0 Å². The number of esters is 1. The number of rotatable bonds is 18. The largest absolute Gasteiger partial charge is 0.490 e. The Morgan fingerprint density at radius 3 is 1.81 bits per heavy atom. The topological polar surface area (TPSA) is 212 Å². The standard InChI is InChI=1S/C37H56N6O10/c1-11-15-28(32(47)50-10)41-30(45)27(40-31(46)29(39-24(3)44)23-25-17-19-26(20-18-25)51-22-12-2)16-13-14-21-38-33(42-34(48)52-36(4,5)6)43-35(49)53-37(7,8)9/h11-12,17-20,27-29H,1-2,13-16,21-23H2,3-10H3,(H,39,44)(H,40,46)(H,41,45)(H2,38,42,43,48,49)/t27-,28+,29+/m1/s1. The van der Waals surface area contributed by atoms with Gasteiger partial charge in [0, 0.05) is 19.9 Å². The summed E-state index contributed by atoms with van der Waals surface area (Å²) in [6.07, 6.45) is 2.28. The Morgan fingerprint density at radius 1 is 0.774 bits per heavy atom. The summed E-state index contributed by atoms with van der Waals surface area (Å²) in [6, 6.07) is 3.72. The van der Waals surface area contributed by atoms with E-state index in [1.165, 1.54) is 20.1 Å². The molecule has 16 heteroatoms. The summed E-state index contributed by atoms with van der Waals surface area (Å²) in [4.78, 5) is 80.7. The van der Waals surface area contributed by atoms with Gasteiger partial charge in [-0.1, -0.05) is 30.9 Å². The van der Waals surface area contributed by atoms with Gasteiger partial charge in [0.1, 0.15) is 41.7 Å². The van der Waals surface area contributed by atoms with Crippen LogP contribution in [-0.2, 0) is 39.8 Å². The highest BCUT2D eigenvalue weighted by atomic mass is 16.6. The highest BCUT2D eigenvalue weighted by molar-refractivity contribution is 6.01. The van der Waals surface area contributed by atoms with E-state index in [1.54, 1.807) is 71.9 Å². The van der Waals surface area contributed by atoms with Crippen molar-refractivity contribution >= 4 is 41.8 Å². The maximum atomic E-state index is 13.6. The number of unbranched alkanes of at least 4 members (excludes halogenated alkanes) is 1. The molecule has 0 aliphatic rings. The Bertz CT molecular complexity index is 1420. The molecule has 1 rings (SSSR count). The fourth-order valence-electron chi connectivity index (χ4n) is 4.47. The molecule has 5 N–H and O–H groups in total. The van der Waals surface area contributed by atoms with E-state index in [0.29, 0.717) is 25.2 Å². The Hall–Kier alpha value is -5.41. The van der Waals surface area contributed by atoms with Crippen molar-refractivity contribution in [2.45, 2.75) is 110 Å². The van der Waals surface area contributed by atoms with E-state index in [0.717, 1.165) is 5.56 Å². The number of aliphatic imine (C=N–C) groups is 1. The molecule has 0 fully saturated rings. The summed E-state index contributed by atoms with van der Waals surface area (Å²) < 4.78 is 20.8. The molecule has 294 valence electrons. The van der Waals surface area contributed by atoms with Gasteiger partial charge >= 0.3 is 18.2 Å². The molecule has 0 heterocycles. The number of guanidine groups is 1. The van der Waals surface area contributed by atoms with Crippen LogP contribution in [0.2, 0.25) is 0 Å². The van der Waals surface area contributed by atoms with Gasteiger partial charge < -0.3 is 34.9 Å². The molecule has 3 atom stereocenters. The van der Waals surface area contributed by atoms with Crippen molar-refractivity contribution in [3.63, 3.8) is 0 Å². The summed E-state index contributed by atoms with van der Waals surface area (Å²) in [5.41, 5.74) is -0.913. The molecule has 16 nitrogen and oxygen atoms in total. The van der Waals surface area contributed by atoms with Crippen molar-refractivity contribution in [2.24, 2.45) is 4.99 Å². The average Bonchev–Trinajstić information content (AvgIpc) is 3.04. The third-order valence-corrected chi connectivity index (χ3v) is 6.67. The fourth-order valence-corrected chi connectivity index (χ4v) is 4.47. The molecule has 0 radical (unpaired) electrons. The van der Waals surface area contributed by atoms with E-state index in [9.17, 15) is 28.8 Å². The third kappa shape index (κ3) is 20.3. The smallest absolute Gasteiger partial charge is 0.414 e. The summed E-state index contributed by atoms with van der Waals surface area (Å²) in [6.45, 7) is 19.0. The number of benzene rings is 1. The summed E-state index contributed by atoms with van der Waals surface area (Å²) in [5, 5.41) is 12.8. The number of alkyl carbamates (subject to hydrolysis) is 2. The van der Waals surface area contributed by atoms with Crippen LogP contribution in [0.4, 0.5) is 9.59 Å². The minimum atomic E-state index is -1.14. The highest BCUT2D eigenvalue weighted by Crippen LogP contribution is 2.15. The van der Waals surface area contributed by atoms with Crippen LogP contribution in [0.15, 0.2) is 54.6 Å². The lowest BCUT2D eigenvalue weighted by molar-refractivity contribution is -0.145. The van der Waals surface area contributed by atoms with Crippen LogP contribution in [0.3, 0.4) is 0 Å². The van der Waals surface area contributed by atoms with E-state index < -0.39 is 65.2 Å². The monoisotopic (exact) mass is 744 g/mol. The van der Waals surface area contributed by atoms with Gasteiger partial charge in [0.2, 0.25) is 23.7 Å². The second kappa shape index (κ2) is 22.5. The van der Waals surface area contributed by atoms with Crippen molar-refractivity contribution in [1.29, 1.82) is 0 Å². The van der Waals surface area contributed by atoms with Gasteiger partial charge in [0.15, 0.2) is 0 Å². The molecule has 0 saturated heterocycles. The number of hydrogen-bond donors (Lipinski definition) is 5. The lowest BCUT2D eigenvalue weighted by Crippen LogP contribution is -2.56. The summed E-state index contributed by atoms with van der Waals surface area (Å²) >= 11 is 0. The second-order valence-electron chi connectivity index (χ2n) is 13.9. The van der Waals surface area contributed by atoms with E-state index in [4.69, 9.17) is 18.9 Å². The van der Waals surface area contributed by atoms with Crippen molar-refractivity contribution in [1.82, 2.24) is 26.6 Å². The first-order valence-electron chi connectivity index (χ1n) is 17.2. The molecule has 0 aliphatic heterocycles. The maximum absolute atomic E-state index is 13.6. The Labute approximate surface area is 311 Å². The number of methoxy groups -OCH3 is 1. The van der Waals surface area contributed by atoms with Gasteiger partial charge in [-0.25, -0.2) is 14.4 Å². The molecule has 53 heavy (non-hydrogen) atoms. The fraction of sp³-hybridized carbons (Fsp3) is 0.541. The van der Waals surface area contributed by atoms with Crippen LogP contribution in [0.1, 0.15) is 79.7 Å². The maximum Gasteiger partial charge on any atom is 0.414 e. The van der Waals surface area contributed by atoms with Gasteiger partial charge in [-0.2, -0.15) is 0 Å². The Morgan fingerprint density at radius 2 is 1.32 bits per heavy atom. The van der Waals surface area contributed by atoms with Crippen molar-refractivity contribution in [2.75, 3.05) is 20.3 Å². The third-order valence-electron chi connectivity index (χ3n) is 6.67. The highest BCUT2D eigenvalue weighted by Gasteiger charge is 2.29. The predicted octanol–water partition coefficient (Wildman–Crippen LogP) is 3.59. The molecule has 5 amide bonds. The quantitative estimate of drug-likeness (QED) is 0.0368. The molecule has 0 unspecified atom stereocenters. The van der Waals surface area contributed by atoms with E-state index in [2.05, 4.69) is 44.7 Å². The zero-order valence-corrected chi connectivity index (χ0v) is 32.1. The predicted molar refractivity (Wildman–Crippen MR) is 199 cm³/mol. The number of carbonyl (C=O) groups excluding carboxylic acids is 6. The first-order chi connectivity index (χ1) is 24.8. The zero-order chi connectivity index (χ0) is 40.2. The van der Waals surface area contributed by atoms with Crippen molar-refractivity contribution in [3.8, 4) is 5.75 Å². The van der Waals surface area contributed by atoms with Gasteiger partial charge in [-0.15, -0.1) is 6.58 Å². The summed E-state index contributed by atoms with van der Waals surface area (Å²) in [5.74, 6) is -2.06. The number of carbonyl (C=O) groups is 6. The van der Waals surface area contributed by atoms with Crippen molar-refractivity contribution in [3.05, 3.63) is 55.1 Å². The first kappa shape index (κ1) is 45.6. The number of ether oxygens (including phenoxy) is 4. The van der Waals surface area contributed by atoms with Crippen LogP contribution < -0.4 is 31.3 Å². The average molecular weight is 745 g/mol. The normalized spacial score (nSPS) is 12.7. The number of nitrogens with zero attached hydrogens (tertiary/aromatic N) is 1. The van der Waals surface area contributed by atoms with Crippen molar-refractivity contribution < 1.29 is 47.7 Å². The van der Waals surface area contributed by atoms with Crippen LogP contribution in [0.5, 0.6) is 5.75 Å². The second-order valence-corrected chi connectivity index (χ2v) is 13.9. The lowest BCUT2D eigenvalue weighted by atomic mass is 10.0. The molecular weight excluding hydrogens is 688 g/mol. The van der Waals surface area contributed by atoms with E-state index >= 15 is 0 Å². The molecule has 0 aromatic heterocycles. The van der Waals surface area contributed by atoms with E-state index in [-0.39, 0.29) is 31.8 Å². The molecule has 0 saturated carbocycles. The number of hydrogen-bond acceptors (Lipinski definition) is 11. The Balaban J connectivity index is 3.20. The SMILES string of the molecule is C=CCOc1ccc(C[C@H](NC(C)=O)C(=O)N[C@H](CCCCN=C(NC(=O)OC(C)(C)C)NC(=O)OC(C)(C)C)C(=O)N[C@@H](CC=C)C(=O)OC)cc1. The van der Waals surface area contributed by atoms with Gasteiger partial charge in [0.05, 0.1) is 7.11 Å². The molecule has 0 aliphatic carbocycles. The first-order valence-corrected chi connectivity index (χ1v) is 17.2. The van der Waals surface area contributed by atoms with Crippen LogP contribution in [0.25, 0.3) is 0 Å². The van der Waals surface area contributed by atoms with Crippen LogP contribution in [-0.4, -0.2) is 91.4 Å². The molecule has 1 aromatic carbocycles. The minimum Gasteiger partial charge on any atom is -0.490 e. The van der Waals surface area contributed by atoms with Crippen LogP contribution >= 0.6 is 0 Å². The zero-order valence-electron chi connectivity index (χ0n) is 32.1.